The van der Waals surface area contributed by atoms with E-state index < -0.39 is 172 Å². The summed E-state index contributed by atoms with van der Waals surface area (Å²) in [7, 11) is -3.80. The summed E-state index contributed by atoms with van der Waals surface area (Å²) in [5.41, 5.74) is -2.15. The van der Waals surface area contributed by atoms with E-state index in [9.17, 15) is 93.8 Å². The van der Waals surface area contributed by atoms with Crippen molar-refractivity contribution >= 4 is 54.9 Å². The largest absolute Gasteiger partial charge is 0.394 e. The van der Waals surface area contributed by atoms with Gasteiger partial charge in [-0.15, -0.1) is 0 Å². The molecule has 3 aliphatic heterocycles. The van der Waals surface area contributed by atoms with Gasteiger partial charge in [-0.25, -0.2) is 0 Å². The van der Waals surface area contributed by atoms with Crippen LogP contribution in [0, 0.1) is 0 Å². The molecular weight excluding hydrogens is 1300 g/mol. The molecule has 3 fully saturated rings. The number of rotatable bonds is 48. The Bertz CT molecular complexity index is 2310. The van der Waals surface area contributed by atoms with Gasteiger partial charge < -0.3 is 141 Å². The highest BCUT2D eigenvalue weighted by molar-refractivity contribution is 7.53. The second-order valence-electron chi connectivity index (χ2n) is 23.7. The predicted octanol–water partition coefficient (Wildman–Crippen LogP) is -6.86. The van der Waals surface area contributed by atoms with Crippen molar-refractivity contribution in [1.82, 2.24) is 42.5 Å². The minimum Gasteiger partial charge on any atom is -0.394 e. The Morgan fingerprint density at radius 2 is 0.740 bits per heavy atom. The summed E-state index contributed by atoms with van der Waals surface area (Å²) >= 11 is 0. The SMILES string of the molecule is CC(=O)N[C@H]1C(O)[C@@H](O)C(CO)O[C@H]1OCCCNC(=O)CCCOCC(COCCC(=O)NCCCO[C@@H]1OC(CO)[C@H](O)C(O)[C@@H]1NC(C)=O)(COCCC(=O)NCCCO[C@@H]1OC(CO)[C@H](O)C(O)[C@@H]1NC(C)=O)NC(=O)CCCC(=O)NCCCOP(=O)(O)C(C)C. The normalized spacial score (nSPS) is 27.1. The van der Waals surface area contributed by atoms with Gasteiger partial charge in [0, 0.05) is 85.7 Å². The van der Waals surface area contributed by atoms with Crippen molar-refractivity contribution in [2.24, 2.45) is 0 Å². The topological polar surface area (TPSA) is 544 Å². The average molecular weight is 1410 g/mol. The molecule has 16 atom stereocenters. The highest BCUT2D eigenvalue weighted by atomic mass is 31.2. The van der Waals surface area contributed by atoms with Crippen LogP contribution < -0.4 is 42.5 Å². The molecule has 0 saturated carbocycles. The van der Waals surface area contributed by atoms with Crippen LogP contribution in [-0.4, -0.2) is 313 Å². The third-order valence-corrected chi connectivity index (χ3v) is 16.9. The summed E-state index contributed by atoms with van der Waals surface area (Å²) in [6, 6.07) is -3.48. The van der Waals surface area contributed by atoms with Crippen molar-refractivity contribution in [3.63, 3.8) is 0 Å². The van der Waals surface area contributed by atoms with Crippen molar-refractivity contribution in [2.75, 3.05) is 112 Å². The molecule has 0 bridgehead atoms. The molecule has 38 heteroatoms. The van der Waals surface area contributed by atoms with Crippen LogP contribution in [0.5, 0.6) is 0 Å². The monoisotopic (exact) mass is 1410 g/mol. The molecule has 0 aliphatic carbocycles. The number of aliphatic hydroxyl groups excluding tert-OH is 9. The maximum atomic E-state index is 13.8. The van der Waals surface area contributed by atoms with Gasteiger partial charge in [0.05, 0.1) is 84.9 Å². The number of hydrogen-bond donors (Lipinski definition) is 18. The smallest absolute Gasteiger partial charge is 0.330 e. The maximum absolute atomic E-state index is 13.8. The van der Waals surface area contributed by atoms with E-state index in [0.29, 0.717) is 0 Å². The Morgan fingerprint density at radius 1 is 0.427 bits per heavy atom. The number of carbonyl (C=O) groups excluding carboxylic acids is 8. The zero-order chi connectivity index (χ0) is 71.4. The molecule has 0 aromatic carbocycles. The van der Waals surface area contributed by atoms with Crippen LogP contribution in [0.2, 0.25) is 0 Å². The third kappa shape index (κ3) is 31.6. The fourth-order valence-electron chi connectivity index (χ4n) is 9.80. The molecule has 556 valence electrons. The summed E-state index contributed by atoms with van der Waals surface area (Å²) in [4.78, 5) is 111. The molecule has 7 unspecified atom stereocenters. The summed E-state index contributed by atoms with van der Waals surface area (Å²) < 4.78 is 69.1. The quantitative estimate of drug-likeness (QED) is 0.0199. The zero-order valence-corrected chi connectivity index (χ0v) is 56.1. The fourth-order valence-corrected chi connectivity index (χ4v) is 10.5. The molecule has 37 nitrogen and oxygen atoms in total. The van der Waals surface area contributed by atoms with Gasteiger partial charge in [-0.3, -0.25) is 42.9 Å². The van der Waals surface area contributed by atoms with Crippen LogP contribution >= 0.6 is 7.60 Å². The lowest BCUT2D eigenvalue weighted by Crippen LogP contribution is -2.64. The summed E-state index contributed by atoms with van der Waals surface area (Å²) in [5.74, 6) is -3.89. The van der Waals surface area contributed by atoms with Gasteiger partial charge in [0.1, 0.15) is 78.6 Å². The van der Waals surface area contributed by atoms with Crippen molar-refractivity contribution in [3.05, 3.63) is 0 Å². The van der Waals surface area contributed by atoms with Crippen LogP contribution in [0.25, 0.3) is 0 Å². The lowest BCUT2D eigenvalue weighted by Gasteiger charge is -2.42. The Labute approximate surface area is 557 Å². The molecule has 0 spiro atoms. The van der Waals surface area contributed by atoms with Crippen LogP contribution in [0.4, 0.5) is 0 Å². The van der Waals surface area contributed by atoms with E-state index in [-0.39, 0.29) is 169 Å². The van der Waals surface area contributed by atoms with Gasteiger partial charge >= 0.3 is 7.60 Å². The van der Waals surface area contributed by atoms with Gasteiger partial charge in [-0.2, -0.15) is 0 Å². The van der Waals surface area contributed by atoms with Gasteiger partial charge in [-0.05, 0) is 38.5 Å². The van der Waals surface area contributed by atoms with Gasteiger partial charge in [0.15, 0.2) is 18.9 Å². The Morgan fingerprint density at radius 3 is 1.07 bits per heavy atom. The summed E-state index contributed by atoms with van der Waals surface area (Å²) in [6.45, 7) is 3.49. The second kappa shape index (κ2) is 45.8. The van der Waals surface area contributed by atoms with E-state index in [4.69, 9.17) is 47.2 Å². The lowest BCUT2D eigenvalue weighted by molar-refractivity contribution is -0.270. The summed E-state index contributed by atoms with van der Waals surface area (Å²) in [6.07, 6.45) is -16.0. The molecule has 0 aromatic rings. The van der Waals surface area contributed by atoms with Crippen LogP contribution in [-0.2, 0) is 90.1 Å². The van der Waals surface area contributed by atoms with Crippen LogP contribution in [0.15, 0.2) is 0 Å². The minimum atomic E-state index is -3.80. The first kappa shape index (κ1) is 85.4. The maximum Gasteiger partial charge on any atom is 0.330 e. The van der Waals surface area contributed by atoms with E-state index >= 15 is 0 Å². The number of hydrogen-bond acceptors (Lipinski definition) is 28. The molecule has 3 saturated heterocycles. The van der Waals surface area contributed by atoms with Gasteiger partial charge in [0.25, 0.3) is 0 Å². The first-order chi connectivity index (χ1) is 45.6. The molecule has 3 rings (SSSR count). The molecule has 0 aromatic heterocycles. The minimum absolute atomic E-state index is 0.0229. The van der Waals surface area contributed by atoms with E-state index in [1.807, 2.05) is 0 Å². The van der Waals surface area contributed by atoms with Crippen LogP contribution in [0.1, 0.15) is 105 Å². The van der Waals surface area contributed by atoms with Crippen LogP contribution in [0.3, 0.4) is 0 Å². The Hall–Kier alpha value is -4.81. The van der Waals surface area contributed by atoms with Crippen molar-refractivity contribution in [2.45, 2.75) is 208 Å². The molecular formula is C58H105N8O29P. The standard InChI is InChI=1S/C58H105N8O29P/c1-34(2)96(84,85)92-25-11-20-60-41(73)12-6-13-45(77)66-58(32-87-26-15-43(75)61-18-9-23-90-56-47(64-36(4)71)53(82)50(79)39(29-68)94-56,33-88-27-16-44(76)62-19-10-24-91-57-48(65-37(5)72)54(83)51(80)40(30-69)95-57)31-86-21-7-14-42(74)59-17-8-22-89-55-46(63-35(3)70)52(81)49(78)38(28-67)93-55/h34,38-40,46-57,67-69,78-83H,6-33H2,1-5H3,(H,59,74)(H,60,73)(H,61,75)(H,62,76)(H,63,70)(H,64,71)(H,65,72)(H,66,77)(H,84,85)/t38?,39?,40?,46-,47-,48-,49-,50-,51-,52?,53?,54?,55+,56+,57+,58?/m0/s1. The van der Waals surface area contributed by atoms with Crippen molar-refractivity contribution < 1.29 is 141 Å². The lowest BCUT2D eigenvalue weighted by atomic mass is 9.97. The van der Waals surface area contributed by atoms with E-state index in [1.165, 1.54) is 20.8 Å². The zero-order valence-electron chi connectivity index (χ0n) is 55.2. The number of ether oxygens (including phenoxy) is 9. The fraction of sp³-hybridized carbons (Fsp3) is 0.862. The first-order valence-corrected chi connectivity index (χ1v) is 33.8. The van der Waals surface area contributed by atoms with E-state index in [0.717, 1.165) is 0 Å². The second-order valence-corrected chi connectivity index (χ2v) is 26.1. The van der Waals surface area contributed by atoms with Gasteiger partial charge in [-0.1, -0.05) is 13.8 Å². The molecule has 0 radical (unpaired) electrons. The number of nitrogens with one attached hydrogen (secondary N) is 8. The van der Waals surface area contributed by atoms with E-state index in [2.05, 4.69) is 42.5 Å². The molecule has 96 heavy (non-hydrogen) atoms. The Balaban J connectivity index is 1.68. The summed E-state index contributed by atoms with van der Waals surface area (Å²) in [5, 5.41) is 113. The molecule has 3 aliphatic rings. The van der Waals surface area contributed by atoms with E-state index in [1.54, 1.807) is 13.8 Å². The highest BCUT2D eigenvalue weighted by Crippen LogP contribution is 2.47. The van der Waals surface area contributed by atoms with Crippen molar-refractivity contribution in [3.8, 4) is 0 Å². The first-order valence-electron chi connectivity index (χ1n) is 32.2. The highest BCUT2D eigenvalue weighted by Gasteiger charge is 2.48. The average Bonchev–Trinajstić information content (AvgIpc) is 0.875. The number of carbonyl (C=O) groups is 8. The molecule has 18 N–H and O–H groups in total. The third-order valence-electron chi connectivity index (χ3n) is 15.1. The van der Waals surface area contributed by atoms with Crippen molar-refractivity contribution in [1.29, 1.82) is 0 Å². The predicted molar refractivity (Wildman–Crippen MR) is 331 cm³/mol. The number of aliphatic hydroxyl groups is 9. The molecule has 8 amide bonds. The Kier molecular flexibility index (Phi) is 40.7. The number of amides is 8. The van der Waals surface area contributed by atoms with Gasteiger partial charge in [0.2, 0.25) is 47.3 Å². The molecule has 3 heterocycles.